The molecule has 0 aromatic carbocycles. The fourth-order valence-corrected chi connectivity index (χ4v) is 3.03. The number of thiophene rings is 1. The third-order valence-electron chi connectivity index (χ3n) is 3.45. The van der Waals surface area contributed by atoms with Gasteiger partial charge in [-0.3, -0.25) is 5.32 Å². The molecule has 6 nitrogen and oxygen atoms in total. The molecular weight excluding hydrogens is 280 g/mol. The summed E-state index contributed by atoms with van der Waals surface area (Å²) in [7, 11) is 0. The highest BCUT2D eigenvalue weighted by Gasteiger charge is 2.22. The molecule has 110 valence electrons. The Hall–Kier alpha value is -1.60. The number of amides is 2. The van der Waals surface area contributed by atoms with E-state index in [2.05, 4.69) is 10.6 Å². The molecule has 0 aliphatic carbocycles. The number of rotatable bonds is 4. The van der Waals surface area contributed by atoms with Crippen molar-refractivity contribution in [1.82, 2.24) is 5.32 Å². The number of carboxylic acids is 1. The first-order valence-corrected chi connectivity index (χ1v) is 7.42. The minimum absolute atomic E-state index is 0.0344. The van der Waals surface area contributed by atoms with Crippen LogP contribution < -0.4 is 10.6 Å². The number of urea groups is 1. The number of hydrogen-bond donors (Lipinski definition) is 3. The maximum absolute atomic E-state index is 11.9. The van der Waals surface area contributed by atoms with E-state index in [-0.39, 0.29) is 17.6 Å². The van der Waals surface area contributed by atoms with Crippen LogP contribution in [0.25, 0.3) is 0 Å². The van der Waals surface area contributed by atoms with E-state index < -0.39 is 5.97 Å². The molecule has 1 fully saturated rings. The summed E-state index contributed by atoms with van der Waals surface area (Å²) < 4.78 is 5.29. The van der Waals surface area contributed by atoms with E-state index in [0.717, 1.165) is 26.1 Å². The van der Waals surface area contributed by atoms with Crippen molar-refractivity contribution in [2.24, 2.45) is 5.92 Å². The molecule has 1 unspecified atom stereocenters. The number of anilines is 1. The van der Waals surface area contributed by atoms with Gasteiger partial charge in [-0.1, -0.05) is 0 Å². The van der Waals surface area contributed by atoms with Crippen molar-refractivity contribution in [1.29, 1.82) is 0 Å². The Morgan fingerprint density at radius 1 is 1.45 bits per heavy atom. The van der Waals surface area contributed by atoms with Gasteiger partial charge in [-0.05, 0) is 37.1 Å². The SMILES string of the molecule is CC(NC(=O)Nc1sccc1C(=O)O)C1CCOCC1. The lowest BCUT2D eigenvalue weighted by Crippen LogP contribution is -2.42. The summed E-state index contributed by atoms with van der Waals surface area (Å²) in [4.78, 5) is 22.9. The van der Waals surface area contributed by atoms with Gasteiger partial charge >= 0.3 is 12.0 Å². The van der Waals surface area contributed by atoms with Crippen LogP contribution in [0.2, 0.25) is 0 Å². The number of ether oxygens (including phenoxy) is 1. The van der Waals surface area contributed by atoms with Crippen LogP contribution >= 0.6 is 11.3 Å². The summed E-state index contributed by atoms with van der Waals surface area (Å²) in [6, 6.07) is 1.14. The van der Waals surface area contributed by atoms with Gasteiger partial charge in [0.05, 0.1) is 5.56 Å². The van der Waals surface area contributed by atoms with E-state index in [1.807, 2.05) is 6.92 Å². The predicted octanol–water partition coefficient (Wildman–Crippen LogP) is 2.38. The zero-order chi connectivity index (χ0) is 14.5. The van der Waals surface area contributed by atoms with E-state index in [9.17, 15) is 9.59 Å². The number of carbonyl (C=O) groups excluding carboxylic acids is 1. The molecule has 0 spiro atoms. The number of hydrogen-bond acceptors (Lipinski definition) is 4. The second-order valence-electron chi connectivity index (χ2n) is 4.81. The van der Waals surface area contributed by atoms with E-state index in [1.165, 1.54) is 17.4 Å². The van der Waals surface area contributed by atoms with E-state index in [1.54, 1.807) is 5.38 Å². The molecule has 1 aromatic heterocycles. The van der Waals surface area contributed by atoms with Gasteiger partial charge in [-0.25, -0.2) is 9.59 Å². The smallest absolute Gasteiger partial charge is 0.338 e. The summed E-state index contributed by atoms with van der Waals surface area (Å²) in [5, 5.41) is 16.4. The molecule has 0 radical (unpaired) electrons. The molecule has 1 saturated heterocycles. The first-order valence-electron chi connectivity index (χ1n) is 6.54. The summed E-state index contributed by atoms with van der Waals surface area (Å²) in [6.07, 6.45) is 1.86. The molecule has 1 aliphatic heterocycles. The topological polar surface area (TPSA) is 87.7 Å². The summed E-state index contributed by atoms with van der Waals surface area (Å²) >= 11 is 1.20. The van der Waals surface area contributed by atoms with Gasteiger partial charge in [0, 0.05) is 19.3 Å². The Bertz CT molecular complexity index is 482. The number of carboxylic acid groups (broad SMARTS) is 1. The molecule has 0 bridgehead atoms. The Morgan fingerprint density at radius 2 is 2.15 bits per heavy atom. The van der Waals surface area contributed by atoms with Crippen LogP contribution in [0.3, 0.4) is 0 Å². The zero-order valence-electron chi connectivity index (χ0n) is 11.2. The fourth-order valence-electron chi connectivity index (χ4n) is 2.25. The van der Waals surface area contributed by atoms with Crippen molar-refractivity contribution >= 4 is 28.3 Å². The van der Waals surface area contributed by atoms with E-state index in [4.69, 9.17) is 9.84 Å². The van der Waals surface area contributed by atoms with Crippen LogP contribution in [0, 0.1) is 5.92 Å². The Kier molecular flexibility index (Phi) is 4.97. The standard InChI is InChI=1S/C13H18N2O4S/c1-8(9-2-5-19-6-3-9)14-13(18)15-11-10(12(16)17)4-7-20-11/h4,7-9H,2-3,5-6H2,1H3,(H,16,17)(H2,14,15,18). The highest BCUT2D eigenvalue weighted by molar-refractivity contribution is 7.14. The lowest BCUT2D eigenvalue weighted by molar-refractivity contribution is 0.0573. The van der Waals surface area contributed by atoms with Crippen molar-refractivity contribution in [3.8, 4) is 0 Å². The van der Waals surface area contributed by atoms with Gasteiger partial charge in [0.25, 0.3) is 0 Å². The zero-order valence-corrected chi connectivity index (χ0v) is 12.0. The predicted molar refractivity (Wildman–Crippen MR) is 76.4 cm³/mol. The van der Waals surface area contributed by atoms with Gasteiger partial charge in [0.15, 0.2) is 0 Å². The summed E-state index contributed by atoms with van der Waals surface area (Å²) in [5.74, 6) is -0.643. The monoisotopic (exact) mass is 298 g/mol. The Morgan fingerprint density at radius 3 is 2.80 bits per heavy atom. The molecule has 2 heterocycles. The van der Waals surface area contributed by atoms with Crippen LogP contribution in [0.15, 0.2) is 11.4 Å². The third-order valence-corrected chi connectivity index (χ3v) is 4.28. The van der Waals surface area contributed by atoms with Gasteiger partial charge < -0.3 is 15.2 Å². The van der Waals surface area contributed by atoms with Gasteiger partial charge in [0.1, 0.15) is 5.00 Å². The van der Waals surface area contributed by atoms with Crippen molar-refractivity contribution in [2.45, 2.75) is 25.8 Å². The molecule has 1 atom stereocenters. The molecule has 2 amide bonds. The molecule has 2 rings (SSSR count). The van der Waals surface area contributed by atoms with Crippen molar-refractivity contribution in [3.63, 3.8) is 0 Å². The highest BCUT2D eigenvalue weighted by atomic mass is 32.1. The van der Waals surface area contributed by atoms with Gasteiger partial charge in [0.2, 0.25) is 0 Å². The lowest BCUT2D eigenvalue weighted by atomic mass is 9.93. The number of carbonyl (C=O) groups is 2. The molecule has 1 aliphatic rings. The maximum Gasteiger partial charge on any atom is 0.338 e. The second kappa shape index (κ2) is 6.71. The quantitative estimate of drug-likeness (QED) is 0.796. The van der Waals surface area contributed by atoms with Crippen LogP contribution in [-0.4, -0.2) is 36.4 Å². The van der Waals surface area contributed by atoms with Gasteiger partial charge in [-0.15, -0.1) is 11.3 Å². The number of nitrogens with one attached hydrogen (secondary N) is 2. The van der Waals surface area contributed by atoms with Crippen molar-refractivity contribution < 1.29 is 19.4 Å². The van der Waals surface area contributed by atoms with E-state index >= 15 is 0 Å². The van der Waals surface area contributed by atoms with Crippen LogP contribution in [0.4, 0.5) is 9.80 Å². The normalized spacial score (nSPS) is 17.4. The molecule has 20 heavy (non-hydrogen) atoms. The number of aromatic carboxylic acids is 1. The van der Waals surface area contributed by atoms with E-state index in [0.29, 0.717) is 10.9 Å². The lowest BCUT2D eigenvalue weighted by Gasteiger charge is -2.28. The first-order chi connectivity index (χ1) is 9.58. The Balaban J connectivity index is 1.88. The van der Waals surface area contributed by atoms with Gasteiger partial charge in [-0.2, -0.15) is 0 Å². The first kappa shape index (κ1) is 14.8. The van der Waals surface area contributed by atoms with Crippen LogP contribution in [0.5, 0.6) is 0 Å². The fraction of sp³-hybridized carbons (Fsp3) is 0.538. The summed E-state index contributed by atoms with van der Waals surface area (Å²) in [6.45, 7) is 3.42. The second-order valence-corrected chi connectivity index (χ2v) is 5.72. The maximum atomic E-state index is 11.9. The molecular formula is C13H18N2O4S. The highest BCUT2D eigenvalue weighted by Crippen LogP contribution is 2.23. The van der Waals surface area contributed by atoms with Crippen LogP contribution in [0.1, 0.15) is 30.1 Å². The molecule has 3 N–H and O–H groups in total. The Labute approximate surface area is 121 Å². The molecule has 1 aromatic rings. The summed E-state index contributed by atoms with van der Waals surface area (Å²) in [5.41, 5.74) is 0.115. The molecule has 7 heteroatoms. The van der Waals surface area contributed by atoms with Crippen molar-refractivity contribution in [2.75, 3.05) is 18.5 Å². The largest absolute Gasteiger partial charge is 0.478 e. The average Bonchev–Trinajstić information content (AvgIpc) is 2.87. The molecule has 0 saturated carbocycles. The minimum atomic E-state index is -1.04. The minimum Gasteiger partial charge on any atom is -0.478 e. The average molecular weight is 298 g/mol. The van der Waals surface area contributed by atoms with Crippen molar-refractivity contribution in [3.05, 3.63) is 17.0 Å². The van der Waals surface area contributed by atoms with Crippen LogP contribution in [-0.2, 0) is 4.74 Å². The third kappa shape index (κ3) is 3.71.